The molecule has 0 spiro atoms. The molecule has 274 valence electrons. The largest absolute Gasteiger partial charge is 2.00 e. The van der Waals surface area contributed by atoms with Gasteiger partial charge in [0, 0.05) is 5.56 Å². The van der Waals surface area contributed by atoms with Crippen LogP contribution in [0.3, 0.4) is 0 Å². The summed E-state index contributed by atoms with van der Waals surface area (Å²) in [6.45, 7) is 19.8. The van der Waals surface area contributed by atoms with Gasteiger partial charge in [-0.25, -0.2) is 9.97 Å². The van der Waals surface area contributed by atoms with Crippen molar-refractivity contribution in [2.75, 3.05) is 0 Å². The van der Waals surface area contributed by atoms with E-state index in [0.29, 0.717) is 16.8 Å². The van der Waals surface area contributed by atoms with Crippen LogP contribution in [0.25, 0.3) is 79.8 Å². The van der Waals surface area contributed by atoms with Crippen LogP contribution in [0.4, 0.5) is 0 Å². The molecular formula is C50H46N4OZn. The van der Waals surface area contributed by atoms with Crippen LogP contribution in [-0.2, 0) is 30.3 Å². The maximum atomic E-state index is 12.9. The summed E-state index contributed by atoms with van der Waals surface area (Å²) in [5, 5.41) is 0. The van der Waals surface area contributed by atoms with Crippen molar-refractivity contribution in [2.45, 2.75) is 73.1 Å². The Kier molecular flexibility index (Phi) is 10.1. The van der Waals surface area contributed by atoms with E-state index in [0.717, 1.165) is 73.3 Å². The zero-order chi connectivity index (χ0) is 38.8. The first-order valence-corrected chi connectivity index (χ1v) is 19.0. The molecule has 5 nitrogen and oxygen atoms in total. The number of aldehydes is 1. The Bertz CT molecular complexity index is 2670. The van der Waals surface area contributed by atoms with Crippen molar-refractivity contribution >= 4 is 52.7 Å². The fraction of sp³-hybridized carbons (Fsp3) is 0.220. The van der Waals surface area contributed by atoms with E-state index < -0.39 is 0 Å². The van der Waals surface area contributed by atoms with Crippen molar-refractivity contribution in [3.05, 3.63) is 141 Å². The van der Waals surface area contributed by atoms with Crippen molar-refractivity contribution in [1.29, 1.82) is 0 Å². The van der Waals surface area contributed by atoms with Gasteiger partial charge < -0.3 is 9.97 Å². The third-order valence-corrected chi connectivity index (χ3v) is 10.8. The second kappa shape index (κ2) is 14.6. The summed E-state index contributed by atoms with van der Waals surface area (Å²) in [6, 6.07) is 29.9. The molecule has 8 bridgehead atoms. The van der Waals surface area contributed by atoms with Gasteiger partial charge in [-0.05, 0) is 112 Å². The van der Waals surface area contributed by atoms with Gasteiger partial charge in [-0.3, -0.25) is 4.79 Å². The van der Waals surface area contributed by atoms with E-state index in [2.05, 4.69) is 147 Å². The van der Waals surface area contributed by atoms with E-state index >= 15 is 0 Å². The fourth-order valence-corrected chi connectivity index (χ4v) is 7.93. The van der Waals surface area contributed by atoms with Gasteiger partial charge in [0.15, 0.2) is 6.29 Å². The van der Waals surface area contributed by atoms with Crippen LogP contribution in [0.1, 0.15) is 102 Å². The molecule has 0 radical (unpaired) electrons. The molecule has 2 aliphatic heterocycles. The van der Waals surface area contributed by atoms with Gasteiger partial charge >= 0.3 is 19.5 Å². The Balaban J connectivity index is 0.00000480. The minimum atomic E-state index is 0. The molecule has 0 atom stereocenters. The van der Waals surface area contributed by atoms with Crippen LogP contribution < -0.4 is 9.97 Å². The Hall–Kier alpha value is -5.45. The third-order valence-electron chi connectivity index (χ3n) is 10.8. The molecule has 8 rings (SSSR count). The molecule has 3 aromatic heterocycles. The number of aryl methyl sites for hydroxylation is 3. The van der Waals surface area contributed by atoms with E-state index in [1.54, 1.807) is 0 Å². The number of benzene rings is 3. The number of fused-ring (bicyclic) bond motifs is 8. The van der Waals surface area contributed by atoms with E-state index in [9.17, 15) is 4.79 Å². The topological polar surface area (TPSA) is 71.1 Å². The molecule has 56 heavy (non-hydrogen) atoms. The van der Waals surface area contributed by atoms with Gasteiger partial charge in [0.05, 0.1) is 22.8 Å². The molecule has 0 amide bonds. The number of hydrogen-bond donors (Lipinski definition) is 0. The third kappa shape index (κ3) is 7.08. The zero-order valence-corrected chi connectivity index (χ0v) is 36.8. The van der Waals surface area contributed by atoms with Crippen LogP contribution in [0.2, 0.25) is 0 Å². The number of rotatable bonds is 4. The predicted molar refractivity (Wildman–Crippen MR) is 230 cm³/mol. The first-order chi connectivity index (χ1) is 26.2. The smallest absolute Gasteiger partial charge is 0.657 e. The summed E-state index contributed by atoms with van der Waals surface area (Å²) >= 11 is 0. The SMILES string of the molecule is Cc1cc(C)c(-c2c3nc(c(-c4ccc(C(C)(C)C)cc4)c4ccc([n-]4)c(C=O)c4nc(c(-c5ccc(C(C)(C)C)cc5)c5ccc2[n-]5)C=C4)C=C3)c(C)c1.[Zn+2]. The zero-order valence-electron chi connectivity index (χ0n) is 33.9. The Morgan fingerprint density at radius 1 is 0.482 bits per heavy atom. The molecule has 0 saturated carbocycles. The summed E-state index contributed by atoms with van der Waals surface area (Å²) in [5.41, 5.74) is 18.3. The number of carbonyl (C=O) groups is 1. The van der Waals surface area contributed by atoms with Gasteiger partial charge in [-0.1, -0.05) is 132 Å². The average Bonchev–Trinajstić information content (AvgIpc) is 3.96. The monoisotopic (exact) mass is 782 g/mol. The summed E-state index contributed by atoms with van der Waals surface area (Å²) in [4.78, 5) is 33.9. The van der Waals surface area contributed by atoms with Crippen LogP contribution in [-0.4, -0.2) is 16.3 Å². The first-order valence-electron chi connectivity index (χ1n) is 19.0. The molecule has 6 aromatic rings. The minimum absolute atomic E-state index is 0. The second-order valence-corrected chi connectivity index (χ2v) is 16.9. The normalized spacial score (nSPS) is 12.5. The van der Waals surface area contributed by atoms with E-state index in [1.165, 1.54) is 27.8 Å². The molecule has 5 heterocycles. The molecule has 3 aromatic carbocycles. The maximum absolute atomic E-state index is 12.9. The molecule has 0 aliphatic carbocycles. The van der Waals surface area contributed by atoms with Gasteiger partial charge in [-0.15, -0.1) is 22.1 Å². The number of hydrogen-bond acceptors (Lipinski definition) is 3. The quantitative estimate of drug-likeness (QED) is 0.131. The summed E-state index contributed by atoms with van der Waals surface area (Å²) in [5.74, 6) is 0. The van der Waals surface area contributed by atoms with E-state index in [4.69, 9.17) is 19.9 Å². The van der Waals surface area contributed by atoms with Crippen molar-refractivity contribution < 1.29 is 24.3 Å². The van der Waals surface area contributed by atoms with Crippen molar-refractivity contribution in [3.63, 3.8) is 0 Å². The molecule has 0 fully saturated rings. The molecule has 2 aliphatic rings. The molecular weight excluding hydrogens is 738 g/mol. The summed E-state index contributed by atoms with van der Waals surface area (Å²) in [7, 11) is 0. The van der Waals surface area contributed by atoms with Crippen LogP contribution in [0.5, 0.6) is 0 Å². The Morgan fingerprint density at radius 3 is 1.30 bits per heavy atom. The van der Waals surface area contributed by atoms with E-state index in [1.807, 2.05) is 24.3 Å². The van der Waals surface area contributed by atoms with Crippen LogP contribution in [0, 0.1) is 20.8 Å². The molecule has 0 saturated heterocycles. The van der Waals surface area contributed by atoms with Gasteiger partial charge in [0.1, 0.15) is 0 Å². The van der Waals surface area contributed by atoms with Crippen molar-refractivity contribution in [3.8, 4) is 33.4 Å². The Labute approximate surface area is 342 Å². The van der Waals surface area contributed by atoms with Crippen LogP contribution >= 0.6 is 0 Å². The minimum Gasteiger partial charge on any atom is -0.657 e. The second-order valence-electron chi connectivity index (χ2n) is 16.9. The van der Waals surface area contributed by atoms with Crippen molar-refractivity contribution in [1.82, 2.24) is 19.9 Å². The number of aromatic nitrogens is 4. The summed E-state index contributed by atoms with van der Waals surface area (Å²) < 4.78 is 0. The standard InChI is InChI=1S/C50H47N4O.Zn/c1-29-26-30(2)45(31(3)27-29)48-43-24-22-41(53-43)46(32-10-14-34(15-11-32)49(4,5)6)39-20-18-37(51-39)36(28-55)38-19-21-40(52-38)47(42-23-25-44(48)54-42)33-12-16-35(17-13-33)50(7,8)9;/h10-28H,1-9H3,(H-,51,52,53,54,55);/q-1;+2/p-1. The molecule has 0 unspecified atom stereocenters. The fourth-order valence-electron chi connectivity index (χ4n) is 7.93. The maximum Gasteiger partial charge on any atom is 2.00 e. The summed E-state index contributed by atoms with van der Waals surface area (Å²) in [6.07, 6.45) is 8.95. The predicted octanol–water partition coefficient (Wildman–Crippen LogP) is 12.2. The first kappa shape index (κ1) is 38.8. The average molecular weight is 784 g/mol. The van der Waals surface area contributed by atoms with Gasteiger partial charge in [0.25, 0.3) is 0 Å². The van der Waals surface area contributed by atoms with Gasteiger partial charge in [-0.2, -0.15) is 0 Å². The van der Waals surface area contributed by atoms with Crippen LogP contribution in [0.15, 0.2) is 84.9 Å². The number of nitrogens with zero attached hydrogens (tertiary/aromatic N) is 4. The molecule has 6 heteroatoms. The molecule has 0 N–H and O–H groups in total. The van der Waals surface area contributed by atoms with E-state index in [-0.39, 0.29) is 30.3 Å². The van der Waals surface area contributed by atoms with Gasteiger partial charge in [0.2, 0.25) is 0 Å². The van der Waals surface area contributed by atoms with Crippen molar-refractivity contribution in [2.24, 2.45) is 0 Å². The number of carbonyl (C=O) groups excluding carboxylic acids is 1. The Morgan fingerprint density at radius 2 is 0.857 bits per heavy atom.